The van der Waals surface area contributed by atoms with Crippen LogP contribution in [0.1, 0.15) is 17.3 Å². The van der Waals surface area contributed by atoms with Crippen LogP contribution in [-0.4, -0.2) is 17.1 Å². The lowest BCUT2D eigenvalue weighted by Crippen LogP contribution is -2.08. The van der Waals surface area contributed by atoms with Crippen molar-refractivity contribution in [3.63, 3.8) is 0 Å². The Bertz CT molecular complexity index is 1180. The van der Waals surface area contributed by atoms with Gasteiger partial charge in [0.2, 0.25) is 0 Å². The Hall–Kier alpha value is -2.98. The first-order chi connectivity index (χ1) is 13.3. The molecule has 1 aromatic heterocycles. The van der Waals surface area contributed by atoms with E-state index in [-0.39, 0.29) is 5.97 Å². The van der Waals surface area contributed by atoms with Crippen LogP contribution in [0.15, 0.2) is 82.6 Å². The quantitative estimate of drug-likeness (QED) is 0.368. The van der Waals surface area contributed by atoms with Gasteiger partial charge in [-0.3, -0.25) is 0 Å². The van der Waals surface area contributed by atoms with E-state index >= 15 is 0 Å². The number of ether oxygens (including phenoxy) is 1. The van der Waals surface area contributed by atoms with Gasteiger partial charge in [0.15, 0.2) is 0 Å². The summed E-state index contributed by atoms with van der Waals surface area (Å²) in [5.41, 5.74) is 4.70. The maximum Gasteiger partial charge on any atom is 0.340 e. The number of para-hydroxylation sites is 2. The molecule has 27 heavy (non-hydrogen) atoms. The van der Waals surface area contributed by atoms with Gasteiger partial charge >= 0.3 is 5.97 Å². The predicted octanol–water partition coefficient (Wildman–Crippen LogP) is 5.94. The third kappa shape index (κ3) is 2.41. The molecule has 3 nitrogen and oxygen atoms in total. The highest BCUT2D eigenvalue weighted by molar-refractivity contribution is 7.99. The molecule has 2 heterocycles. The molecule has 0 saturated heterocycles. The fourth-order valence-electron chi connectivity index (χ4n) is 3.76. The molecule has 3 aromatic carbocycles. The highest BCUT2D eigenvalue weighted by Gasteiger charge is 2.30. The van der Waals surface area contributed by atoms with E-state index in [2.05, 4.69) is 28.8 Å². The molecule has 0 unspecified atom stereocenters. The van der Waals surface area contributed by atoms with Gasteiger partial charge in [-0.25, -0.2) is 4.79 Å². The van der Waals surface area contributed by atoms with Crippen molar-refractivity contribution in [3.8, 4) is 16.9 Å². The van der Waals surface area contributed by atoms with E-state index in [9.17, 15) is 4.79 Å². The monoisotopic (exact) mass is 371 g/mol. The average molecular weight is 371 g/mol. The first kappa shape index (κ1) is 16.2. The van der Waals surface area contributed by atoms with Gasteiger partial charge in [0, 0.05) is 15.2 Å². The van der Waals surface area contributed by atoms with Crippen LogP contribution in [0.5, 0.6) is 0 Å². The minimum absolute atomic E-state index is 0.276. The van der Waals surface area contributed by atoms with Gasteiger partial charge in [-0.1, -0.05) is 66.4 Å². The maximum atomic E-state index is 13.0. The van der Waals surface area contributed by atoms with Crippen LogP contribution in [0.25, 0.3) is 27.8 Å². The second-order valence-electron chi connectivity index (χ2n) is 6.37. The van der Waals surface area contributed by atoms with Crippen molar-refractivity contribution >= 4 is 28.6 Å². The molecule has 0 fully saturated rings. The van der Waals surface area contributed by atoms with Crippen molar-refractivity contribution in [1.82, 2.24) is 4.57 Å². The second kappa shape index (κ2) is 6.32. The standard InChI is InChI=1S/C23H17NO2S/c1-2-26-23(25)20-16-11-8-14-19-22(16)24(17-12-6-7-13-18(17)27-19)21(20)15-9-4-3-5-10-15/h3-14H,2H2,1H3. The lowest BCUT2D eigenvalue weighted by molar-refractivity contribution is 0.0529. The van der Waals surface area contributed by atoms with Gasteiger partial charge in [0.1, 0.15) is 0 Å². The largest absolute Gasteiger partial charge is 0.462 e. The molecule has 0 spiro atoms. The zero-order valence-corrected chi connectivity index (χ0v) is 15.6. The molecule has 4 heteroatoms. The number of hydrogen-bond donors (Lipinski definition) is 0. The van der Waals surface area contributed by atoms with Gasteiger partial charge in [-0.15, -0.1) is 0 Å². The summed E-state index contributed by atoms with van der Waals surface area (Å²) in [6.45, 7) is 2.19. The average Bonchev–Trinajstić information content (AvgIpc) is 3.06. The van der Waals surface area contributed by atoms with Crippen LogP contribution in [0, 0.1) is 0 Å². The van der Waals surface area contributed by atoms with Crippen molar-refractivity contribution in [2.24, 2.45) is 0 Å². The first-order valence-electron chi connectivity index (χ1n) is 8.97. The Morgan fingerprint density at radius 3 is 2.48 bits per heavy atom. The number of benzene rings is 3. The van der Waals surface area contributed by atoms with Crippen LogP contribution in [0.3, 0.4) is 0 Å². The molecule has 0 N–H and O–H groups in total. The second-order valence-corrected chi connectivity index (χ2v) is 7.45. The molecule has 1 aliphatic rings. The minimum atomic E-state index is -0.276. The topological polar surface area (TPSA) is 31.2 Å². The lowest BCUT2D eigenvalue weighted by atomic mass is 10.1. The molecule has 5 rings (SSSR count). The fraction of sp³-hybridized carbons (Fsp3) is 0.0870. The van der Waals surface area contributed by atoms with E-state index in [0.29, 0.717) is 12.2 Å². The number of esters is 1. The summed E-state index contributed by atoms with van der Waals surface area (Å²) in [5, 5.41) is 0.937. The van der Waals surface area contributed by atoms with E-state index in [1.54, 1.807) is 11.8 Å². The Labute approximate surface area is 161 Å². The fourth-order valence-corrected chi connectivity index (χ4v) is 4.85. The van der Waals surface area contributed by atoms with Gasteiger partial charge in [0.05, 0.1) is 29.1 Å². The molecule has 0 atom stereocenters. The molecule has 0 aliphatic carbocycles. The highest BCUT2D eigenvalue weighted by atomic mass is 32.2. The summed E-state index contributed by atoms with van der Waals surface area (Å²) in [5.74, 6) is -0.276. The van der Waals surface area contributed by atoms with Crippen molar-refractivity contribution in [1.29, 1.82) is 0 Å². The van der Waals surface area contributed by atoms with E-state index < -0.39 is 0 Å². The summed E-state index contributed by atoms with van der Waals surface area (Å²) in [6.07, 6.45) is 0. The Balaban J connectivity index is 1.96. The molecule has 1 aliphatic heterocycles. The number of fused-ring (bicyclic) bond motifs is 2. The van der Waals surface area contributed by atoms with Gasteiger partial charge < -0.3 is 9.30 Å². The molecular weight excluding hydrogens is 354 g/mol. The highest BCUT2D eigenvalue weighted by Crippen LogP contribution is 2.48. The number of rotatable bonds is 3. The van der Waals surface area contributed by atoms with Gasteiger partial charge in [-0.2, -0.15) is 0 Å². The number of hydrogen-bond acceptors (Lipinski definition) is 3. The molecule has 0 bridgehead atoms. The Morgan fingerprint density at radius 2 is 1.67 bits per heavy atom. The number of carbonyl (C=O) groups excluding carboxylic acids is 1. The van der Waals surface area contributed by atoms with Crippen LogP contribution < -0.4 is 0 Å². The molecule has 0 radical (unpaired) electrons. The van der Waals surface area contributed by atoms with E-state index in [1.165, 1.54) is 4.90 Å². The summed E-state index contributed by atoms with van der Waals surface area (Å²) in [7, 11) is 0. The maximum absolute atomic E-state index is 13.0. The molecule has 0 saturated carbocycles. The summed E-state index contributed by atoms with van der Waals surface area (Å²) < 4.78 is 7.67. The van der Waals surface area contributed by atoms with Gasteiger partial charge in [0.25, 0.3) is 0 Å². The van der Waals surface area contributed by atoms with Crippen LogP contribution in [0.4, 0.5) is 0 Å². The third-order valence-corrected chi connectivity index (χ3v) is 5.92. The predicted molar refractivity (Wildman–Crippen MR) is 109 cm³/mol. The third-order valence-electron chi connectivity index (χ3n) is 4.81. The van der Waals surface area contributed by atoms with Gasteiger partial charge in [-0.05, 0) is 30.7 Å². The van der Waals surface area contributed by atoms with Crippen LogP contribution >= 0.6 is 11.8 Å². The van der Waals surface area contributed by atoms with Crippen molar-refractivity contribution < 1.29 is 9.53 Å². The Kier molecular flexibility index (Phi) is 3.80. The van der Waals surface area contributed by atoms with E-state index in [0.717, 1.165) is 32.7 Å². The summed E-state index contributed by atoms with van der Waals surface area (Å²) in [4.78, 5) is 15.3. The van der Waals surface area contributed by atoms with Crippen molar-refractivity contribution in [2.45, 2.75) is 16.7 Å². The number of carbonyl (C=O) groups is 1. The van der Waals surface area contributed by atoms with E-state index in [1.807, 2.05) is 55.5 Å². The first-order valence-corrected chi connectivity index (χ1v) is 9.78. The normalized spacial score (nSPS) is 12.0. The lowest BCUT2D eigenvalue weighted by Gasteiger charge is -2.21. The van der Waals surface area contributed by atoms with E-state index in [4.69, 9.17) is 4.74 Å². The molecule has 4 aromatic rings. The molecule has 0 amide bonds. The molecular formula is C23H17NO2S. The van der Waals surface area contributed by atoms with Crippen LogP contribution in [0.2, 0.25) is 0 Å². The summed E-state index contributed by atoms with van der Waals surface area (Å²) >= 11 is 1.74. The Morgan fingerprint density at radius 1 is 0.926 bits per heavy atom. The van der Waals surface area contributed by atoms with Crippen molar-refractivity contribution in [2.75, 3.05) is 6.61 Å². The minimum Gasteiger partial charge on any atom is -0.462 e. The zero-order valence-electron chi connectivity index (χ0n) is 14.8. The van der Waals surface area contributed by atoms with Crippen LogP contribution in [-0.2, 0) is 4.74 Å². The SMILES string of the molecule is CCOC(=O)c1c(-c2ccccc2)n2c3c(cccc13)Sc1ccccc1-2. The van der Waals surface area contributed by atoms with Crippen molar-refractivity contribution in [3.05, 3.63) is 78.4 Å². The summed E-state index contributed by atoms with van der Waals surface area (Å²) in [6, 6.07) is 24.6. The number of aromatic nitrogens is 1. The zero-order chi connectivity index (χ0) is 18.4. The number of nitrogens with zero attached hydrogens (tertiary/aromatic N) is 1. The smallest absolute Gasteiger partial charge is 0.340 e. The molecule has 132 valence electrons.